The molecule has 7 nitrogen and oxygen atoms in total. The molecule has 7 heteroatoms. The van der Waals surface area contributed by atoms with Crippen LogP contribution in [0.25, 0.3) is 0 Å². The van der Waals surface area contributed by atoms with Crippen LogP contribution in [0.2, 0.25) is 0 Å². The van der Waals surface area contributed by atoms with Crippen LogP contribution in [0, 0.1) is 6.92 Å². The van der Waals surface area contributed by atoms with Gasteiger partial charge in [0.25, 0.3) is 5.91 Å². The van der Waals surface area contributed by atoms with Crippen molar-refractivity contribution >= 4 is 17.5 Å². The number of anilines is 2. The van der Waals surface area contributed by atoms with E-state index in [-0.39, 0.29) is 11.9 Å². The highest BCUT2D eigenvalue weighted by atomic mass is 16.2. The van der Waals surface area contributed by atoms with Crippen molar-refractivity contribution in [1.29, 1.82) is 0 Å². The largest absolute Gasteiger partial charge is 0.354 e. The summed E-state index contributed by atoms with van der Waals surface area (Å²) in [6.45, 7) is 7.85. The van der Waals surface area contributed by atoms with Crippen molar-refractivity contribution in [2.75, 3.05) is 43.4 Å². The summed E-state index contributed by atoms with van der Waals surface area (Å²) in [6.07, 6.45) is 1.96. The van der Waals surface area contributed by atoms with E-state index in [1.807, 2.05) is 48.1 Å². The first kappa shape index (κ1) is 20.1. The third-order valence-electron chi connectivity index (χ3n) is 5.62. The van der Waals surface area contributed by atoms with Gasteiger partial charge in [-0.25, -0.2) is 4.98 Å². The molecular weight excluding hydrogens is 376 g/mol. The number of carbonyl (C=O) groups excluding carboxylic acids is 1. The molecule has 0 spiro atoms. The minimum Gasteiger partial charge on any atom is -0.354 e. The number of carbonyl (C=O) groups is 1. The molecule has 0 radical (unpaired) electrons. The topological polar surface area (TPSA) is 66.3 Å². The molecule has 1 N–H and O–H groups in total. The Morgan fingerprint density at radius 1 is 1.03 bits per heavy atom. The molecule has 0 bridgehead atoms. The lowest BCUT2D eigenvalue weighted by Crippen LogP contribution is -2.44. The number of rotatable bonds is 5. The zero-order valence-electron chi connectivity index (χ0n) is 17.7. The molecule has 1 amide bonds. The summed E-state index contributed by atoms with van der Waals surface area (Å²) in [4.78, 5) is 22.0. The molecule has 4 rings (SSSR count). The molecule has 3 aromatic rings. The number of amides is 1. The van der Waals surface area contributed by atoms with Gasteiger partial charge in [0, 0.05) is 37.9 Å². The molecule has 30 heavy (non-hydrogen) atoms. The van der Waals surface area contributed by atoms with Crippen LogP contribution in [0.4, 0.5) is 11.6 Å². The van der Waals surface area contributed by atoms with Crippen molar-refractivity contribution in [3.05, 3.63) is 71.5 Å². The van der Waals surface area contributed by atoms with E-state index < -0.39 is 0 Å². The quantitative estimate of drug-likeness (QED) is 0.707. The molecule has 0 saturated carbocycles. The fourth-order valence-corrected chi connectivity index (χ4v) is 3.62. The number of hydrogen-bond acceptors (Lipinski definition) is 5. The predicted molar refractivity (Wildman–Crippen MR) is 119 cm³/mol. The van der Waals surface area contributed by atoms with Gasteiger partial charge >= 0.3 is 0 Å². The third-order valence-corrected chi connectivity index (χ3v) is 5.62. The minimum absolute atomic E-state index is 0.0780. The monoisotopic (exact) mass is 404 g/mol. The maximum absolute atomic E-state index is 12.9. The standard InChI is InChI=1S/C23H28N6O/c1-17-16-29(18(2)19-8-5-4-6-9-19)26-22(17)25-23(30)20-10-7-11-21(24-20)28-14-12-27(3)13-15-28/h4-11,16,18H,12-15H2,1-3H3,(H,25,26,30). The van der Waals surface area contributed by atoms with Crippen LogP contribution in [0.5, 0.6) is 0 Å². The third kappa shape index (κ3) is 4.36. The summed E-state index contributed by atoms with van der Waals surface area (Å²) in [5.41, 5.74) is 2.48. The van der Waals surface area contributed by atoms with Crippen LogP contribution in [0.1, 0.15) is 34.6 Å². The van der Waals surface area contributed by atoms with E-state index >= 15 is 0 Å². The van der Waals surface area contributed by atoms with E-state index in [1.54, 1.807) is 6.07 Å². The van der Waals surface area contributed by atoms with Crippen molar-refractivity contribution in [3.63, 3.8) is 0 Å². The second-order valence-corrected chi connectivity index (χ2v) is 7.85. The minimum atomic E-state index is -0.244. The number of nitrogens with one attached hydrogen (secondary N) is 1. The summed E-state index contributed by atoms with van der Waals surface area (Å²) >= 11 is 0. The Kier molecular flexibility index (Phi) is 5.81. The van der Waals surface area contributed by atoms with Gasteiger partial charge in [0.2, 0.25) is 0 Å². The molecule has 1 fully saturated rings. The zero-order chi connectivity index (χ0) is 21.1. The summed E-state index contributed by atoms with van der Waals surface area (Å²) < 4.78 is 1.88. The predicted octanol–water partition coefficient (Wildman–Crippen LogP) is 3.20. The average molecular weight is 405 g/mol. The fraction of sp³-hybridized carbons (Fsp3) is 0.348. The Bertz CT molecular complexity index is 1010. The van der Waals surface area contributed by atoms with Gasteiger partial charge in [-0.05, 0) is 38.6 Å². The van der Waals surface area contributed by atoms with Crippen LogP contribution < -0.4 is 10.2 Å². The Labute approximate surface area is 177 Å². The second-order valence-electron chi connectivity index (χ2n) is 7.85. The number of aryl methyl sites for hydroxylation is 1. The first-order valence-electron chi connectivity index (χ1n) is 10.3. The molecule has 3 heterocycles. The van der Waals surface area contributed by atoms with Crippen molar-refractivity contribution in [2.45, 2.75) is 19.9 Å². The van der Waals surface area contributed by atoms with Gasteiger partial charge in [0.15, 0.2) is 5.82 Å². The van der Waals surface area contributed by atoms with Crippen molar-refractivity contribution in [3.8, 4) is 0 Å². The number of pyridine rings is 1. The maximum Gasteiger partial charge on any atom is 0.275 e. The van der Waals surface area contributed by atoms with Gasteiger partial charge < -0.3 is 15.1 Å². The summed E-state index contributed by atoms with van der Waals surface area (Å²) in [5.74, 6) is 1.16. The number of nitrogens with zero attached hydrogens (tertiary/aromatic N) is 5. The highest BCUT2D eigenvalue weighted by molar-refractivity contribution is 6.02. The van der Waals surface area contributed by atoms with E-state index in [2.05, 4.69) is 51.3 Å². The maximum atomic E-state index is 12.9. The number of aromatic nitrogens is 3. The number of piperazine rings is 1. The average Bonchev–Trinajstić information content (AvgIpc) is 3.14. The number of benzene rings is 1. The molecule has 1 unspecified atom stereocenters. The molecule has 1 aliphatic rings. The van der Waals surface area contributed by atoms with Crippen LogP contribution >= 0.6 is 0 Å². The van der Waals surface area contributed by atoms with Crippen LogP contribution in [0.15, 0.2) is 54.7 Å². The van der Waals surface area contributed by atoms with E-state index in [9.17, 15) is 4.79 Å². The normalized spacial score (nSPS) is 15.8. The van der Waals surface area contributed by atoms with E-state index in [0.29, 0.717) is 11.5 Å². The summed E-state index contributed by atoms with van der Waals surface area (Å²) in [7, 11) is 2.12. The first-order chi connectivity index (χ1) is 14.5. The molecule has 1 aliphatic heterocycles. The van der Waals surface area contributed by atoms with Gasteiger partial charge in [0.1, 0.15) is 11.5 Å². The lowest BCUT2D eigenvalue weighted by molar-refractivity contribution is 0.102. The Morgan fingerprint density at radius 2 is 1.77 bits per heavy atom. The van der Waals surface area contributed by atoms with Crippen molar-refractivity contribution < 1.29 is 4.79 Å². The number of likely N-dealkylation sites (N-methyl/N-ethyl adjacent to an activating group) is 1. The molecule has 0 aliphatic carbocycles. The van der Waals surface area contributed by atoms with E-state index in [0.717, 1.165) is 37.6 Å². The van der Waals surface area contributed by atoms with Crippen LogP contribution in [-0.2, 0) is 0 Å². The Morgan fingerprint density at radius 3 is 2.50 bits per heavy atom. The second kappa shape index (κ2) is 8.67. The Hall–Kier alpha value is -3.19. The highest BCUT2D eigenvalue weighted by Crippen LogP contribution is 2.21. The van der Waals surface area contributed by atoms with E-state index in [4.69, 9.17) is 0 Å². The SMILES string of the molecule is Cc1cn(C(C)c2ccccc2)nc1NC(=O)c1cccc(N2CCN(C)CC2)n1. The van der Waals surface area contributed by atoms with Crippen molar-refractivity contribution in [1.82, 2.24) is 19.7 Å². The van der Waals surface area contributed by atoms with Gasteiger partial charge in [-0.15, -0.1) is 0 Å². The Balaban J connectivity index is 1.48. The van der Waals surface area contributed by atoms with Gasteiger partial charge in [-0.1, -0.05) is 36.4 Å². The van der Waals surface area contributed by atoms with Crippen molar-refractivity contribution in [2.24, 2.45) is 0 Å². The van der Waals surface area contributed by atoms with Gasteiger partial charge in [0.05, 0.1) is 6.04 Å². The molecule has 1 aromatic carbocycles. The molecular formula is C23H28N6O. The highest BCUT2D eigenvalue weighted by Gasteiger charge is 2.18. The van der Waals surface area contributed by atoms with Gasteiger partial charge in [-0.2, -0.15) is 5.10 Å². The fourth-order valence-electron chi connectivity index (χ4n) is 3.62. The smallest absolute Gasteiger partial charge is 0.275 e. The molecule has 1 atom stereocenters. The molecule has 2 aromatic heterocycles. The van der Waals surface area contributed by atoms with Gasteiger partial charge in [-0.3, -0.25) is 9.48 Å². The van der Waals surface area contributed by atoms with Crippen LogP contribution in [-0.4, -0.2) is 58.8 Å². The lowest BCUT2D eigenvalue weighted by Gasteiger charge is -2.33. The zero-order valence-corrected chi connectivity index (χ0v) is 17.7. The molecule has 156 valence electrons. The van der Waals surface area contributed by atoms with E-state index in [1.165, 1.54) is 5.56 Å². The van der Waals surface area contributed by atoms with Crippen LogP contribution in [0.3, 0.4) is 0 Å². The summed E-state index contributed by atoms with van der Waals surface area (Å²) in [5, 5.41) is 7.54. The summed E-state index contributed by atoms with van der Waals surface area (Å²) in [6, 6.07) is 15.9. The lowest BCUT2D eigenvalue weighted by atomic mass is 10.1. The number of hydrogen-bond donors (Lipinski definition) is 1. The molecule has 1 saturated heterocycles. The first-order valence-corrected chi connectivity index (χ1v) is 10.3.